The molecule has 2 heterocycles. The van der Waals surface area contributed by atoms with Crippen molar-refractivity contribution in [3.8, 4) is 0 Å². The Bertz CT molecular complexity index is 591. The van der Waals surface area contributed by atoms with Crippen molar-refractivity contribution < 1.29 is 4.74 Å². The number of hydrogen-bond acceptors (Lipinski definition) is 4. The Kier molecular flexibility index (Phi) is 3.25. The number of benzene rings is 1. The minimum absolute atomic E-state index is 0.324. The maximum atomic E-state index is 5.87. The third-order valence-electron chi connectivity index (χ3n) is 3.50. The first-order chi connectivity index (χ1) is 9.22. The average molecular weight is 257 g/mol. The van der Waals surface area contributed by atoms with E-state index in [-0.39, 0.29) is 0 Å². The molecule has 1 aliphatic heterocycles. The summed E-state index contributed by atoms with van der Waals surface area (Å²) in [7, 11) is 0. The van der Waals surface area contributed by atoms with Gasteiger partial charge in [-0.15, -0.1) is 0 Å². The van der Waals surface area contributed by atoms with Gasteiger partial charge in [-0.25, -0.2) is 0 Å². The van der Waals surface area contributed by atoms with Gasteiger partial charge < -0.3 is 15.8 Å². The summed E-state index contributed by atoms with van der Waals surface area (Å²) in [5.74, 6) is 0. The molecule has 4 nitrogen and oxygen atoms in total. The van der Waals surface area contributed by atoms with Gasteiger partial charge in [-0.2, -0.15) is 0 Å². The van der Waals surface area contributed by atoms with Gasteiger partial charge in [0.1, 0.15) is 0 Å². The number of ether oxygens (including phenoxy) is 1. The summed E-state index contributed by atoms with van der Waals surface area (Å²) in [6, 6.07) is 7.89. The fourth-order valence-corrected chi connectivity index (χ4v) is 2.55. The number of nitrogens with one attached hydrogen (secondary N) is 1. The number of nitrogens with zero attached hydrogens (tertiary/aromatic N) is 1. The summed E-state index contributed by atoms with van der Waals surface area (Å²) < 4.78 is 5.64. The predicted octanol–water partition coefficient (Wildman–Crippen LogP) is 2.72. The Morgan fingerprint density at radius 3 is 3.11 bits per heavy atom. The van der Waals surface area contributed by atoms with Gasteiger partial charge in [0.2, 0.25) is 0 Å². The van der Waals surface area contributed by atoms with Crippen LogP contribution >= 0.6 is 0 Å². The van der Waals surface area contributed by atoms with Crippen LogP contribution in [0.5, 0.6) is 0 Å². The van der Waals surface area contributed by atoms with Crippen LogP contribution in [0.3, 0.4) is 0 Å². The molecule has 1 aliphatic rings. The number of anilines is 2. The third kappa shape index (κ3) is 2.63. The van der Waals surface area contributed by atoms with E-state index in [1.165, 1.54) is 0 Å². The molecule has 19 heavy (non-hydrogen) atoms. The van der Waals surface area contributed by atoms with Crippen molar-refractivity contribution in [2.45, 2.75) is 25.9 Å². The molecule has 1 atom stereocenters. The normalized spacial score (nSPS) is 18.9. The summed E-state index contributed by atoms with van der Waals surface area (Å²) in [5, 5.41) is 4.55. The molecule has 3 rings (SSSR count). The van der Waals surface area contributed by atoms with Crippen LogP contribution in [0.4, 0.5) is 11.4 Å². The number of hydrogen-bond donors (Lipinski definition) is 2. The van der Waals surface area contributed by atoms with Crippen LogP contribution in [0, 0.1) is 6.92 Å². The highest BCUT2D eigenvalue weighted by atomic mass is 16.5. The lowest BCUT2D eigenvalue weighted by molar-refractivity contribution is 0.120. The second-order valence-corrected chi connectivity index (χ2v) is 5.10. The first kappa shape index (κ1) is 12.2. The molecule has 1 aromatic carbocycles. The van der Waals surface area contributed by atoms with E-state index in [0.29, 0.717) is 6.10 Å². The van der Waals surface area contributed by atoms with Crippen LogP contribution < -0.4 is 11.1 Å². The Balaban J connectivity index is 1.89. The zero-order valence-corrected chi connectivity index (χ0v) is 11.1. The average Bonchev–Trinajstić information content (AvgIpc) is 2.89. The maximum Gasteiger partial charge on any atom is 0.0748 e. The van der Waals surface area contributed by atoms with E-state index in [1.54, 1.807) is 0 Å². The standard InChI is InChI=1S/C15H19N3O/c1-10-7-15(17-9-12-3-2-6-19-12)13-8-11(16)4-5-14(13)18-10/h4-5,7-8,12H,2-3,6,9,16H2,1H3,(H,17,18). The van der Waals surface area contributed by atoms with Crippen molar-refractivity contribution in [1.29, 1.82) is 0 Å². The summed E-state index contributed by atoms with van der Waals surface area (Å²) in [4.78, 5) is 4.53. The molecular formula is C15H19N3O. The highest BCUT2D eigenvalue weighted by Crippen LogP contribution is 2.25. The fraction of sp³-hybridized carbons (Fsp3) is 0.400. The molecule has 1 unspecified atom stereocenters. The zero-order chi connectivity index (χ0) is 13.2. The molecule has 1 saturated heterocycles. The van der Waals surface area contributed by atoms with E-state index in [2.05, 4.69) is 16.4 Å². The minimum atomic E-state index is 0.324. The van der Waals surface area contributed by atoms with Gasteiger partial charge in [0.05, 0.1) is 11.6 Å². The Hall–Kier alpha value is -1.81. The highest BCUT2D eigenvalue weighted by Gasteiger charge is 2.15. The molecule has 2 aromatic rings. The lowest BCUT2D eigenvalue weighted by Gasteiger charge is -2.14. The van der Waals surface area contributed by atoms with Crippen LogP contribution in [-0.4, -0.2) is 24.2 Å². The number of aryl methyl sites for hydroxylation is 1. The molecule has 3 N–H and O–H groups in total. The minimum Gasteiger partial charge on any atom is -0.399 e. The highest BCUT2D eigenvalue weighted by molar-refractivity contribution is 5.93. The van der Waals surface area contributed by atoms with E-state index in [1.807, 2.05) is 25.1 Å². The second-order valence-electron chi connectivity index (χ2n) is 5.10. The molecule has 100 valence electrons. The van der Waals surface area contributed by atoms with Crippen molar-refractivity contribution in [1.82, 2.24) is 4.98 Å². The summed E-state index contributed by atoms with van der Waals surface area (Å²) in [5.41, 5.74) is 9.70. The van der Waals surface area contributed by atoms with Gasteiger partial charge in [0.15, 0.2) is 0 Å². The second kappa shape index (κ2) is 5.05. The molecule has 0 aliphatic carbocycles. The molecule has 4 heteroatoms. The largest absolute Gasteiger partial charge is 0.399 e. The van der Waals surface area contributed by atoms with Gasteiger partial charge >= 0.3 is 0 Å². The quantitative estimate of drug-likeness (QED) is 0.830. The molecule has 0 bridgehead atoms. The third-order valence-corrected chi connectivity index (χ3v) is 3.50. The molecular weight excluding hydrogens is 238 g/mol. The van der Waals surface area contributed by atoms with E-state index in [4.69, 9.17) is 10.5 Å². The fourth-order valence-electron chi connectivity index (χ4n) is 2.55. The van der Waals surface area contributed by atoms with Crippen LogP contribution in [-0.2, 0) is 4.74 Å². The molecule has 0 amide bonds. The molecule has 1 fully saturated rings. The number of pyridine rings is 1. The lowest BCUT2D eigenvalue weighted by Crippen LogP contribution is -2.18. The Morgan fingerprint density at radius 1 is 1.42 bits per heavy atom. The maximum absolute atomic E-state index is 5.87. The first-order valence-electron chi connectivity index (χ1n) is 6.75. The first-order valence-corrected chi connectivity index (χ1v) is 6.75. The van der Waals surface area contributed by atoms with Gasteiger partial charge in [-0.3, -0.25) is 4.98 Å². The number of nitrogen functional groups attached to an aromatic ring is 1. The van der Waals surface area contributed by atoms with E-state index >= 15 is 0 Å². The monoisotopic (exact) mass is 257 g/mol. The van der Waals surface area contributed by atoms with Gasteiger partial charge in [-0.05, 0) is 44.0 Å². The lowest BCUT2D eigenvalue weighted by atomic mass is 10.1. The van der Waals surface area contributed by atoms with E-state index < -0.39 is 0 Å². The van der Waals surface area contributed by atoms with E-state index in [9.17, 15) is 0 Å². The SMILES string of the molecule is Cc1cc(NCC2CCCO2)c2cc(N)ccc2n1. The van der Waals surface area contributed by atoms with Gasteiger partial charge in [0, 0.05) is 35.6 Å². The van der Waals surface area contributed by atoms with Crippen molar-refractivity contribution in [3.05, 3.63) is 30.0 Å². The van der Waals surface area contributed by atoms with E-state index in [0.717, 1.165) is 54.0 Å². The number of rotatable bonds is 3. The van der Waals surface area contributed by atoms with Crippen LogP contribution in [0.15, 0.2) is 24.3 Å². The molecule has 0 saturated carbocycles. The smallest absolute Gasteiger partial charge is 0.0748 e. The molecule has 0 radical (unpaired) electrons. The Morgan fingerprint density at radius 2 is 2.32 bits per heavy atom. The number of fused-ring (bicyclic) bond motifs is 1. The molecule has 0 spiro atoms. The number of nitrogens with two attached hydrogens (primary N) is 1. The number of aromatic nitrogens is 1. The summed E-state index contributed by atoms with van der Waals surface area (Å²) in [6.45, 7) is 3.73. The van der Waals surface area contributed by atoms with Crippen LogP contribution in [0.25, 0.3) is 10.9 Å². The zero-order valence-electron chi connectivity index (χ0n) is 11.1. The van der Waals surface area contributed by atoms with Crippen molar-refractivity contribution in [3.63, 3.8) is 0 Å². The topological polar surface area (TPSA) is 60.2 Å². The molecule has 1 aromatic heterocycles. The van der Waals surface area contributed by atoms with Crippen LogP contribution in [0.1, 0.15) is 18.5 Å². The van der Waals surface area contributed by atoms with Gasteiger partial charge in [0.25, 0.3) is 0 Å². The predicted molar refractivity (Wildman–Crippen MR) is 78.4 cm³/mol. The van der Waals surface area contributed by atoms with Crippen molar-refractivity contribution in [2.24, 2.45) is 0 Å². The summed E-state index contributed by atoms with van der Waals surface area (Å²) in [6.07, 6.45) is 2.62. The Labute approximate surface area is 113 Å². The summed E-state index contributed by atoms with van der Waals surface area (Å²) >= 11 is 0. The van der Waals surface area contributed by atoms with Crippen LogP contribution in [0.2, 0.25) is 0 Å². The van der Waals surface area contributed by atoms with Gasteiger partial charge in [-0.1, -0.05) is 0 Å². The van der Waals surface area contributed by atoms with Crippen molar-refractivity contribution >= 4 is 22.3 Å². The van der Waals surface area contributed by atoms with Crippen molar-refractivity contribution in [2.75, 3.05) is 24.2 Å².